The Morgan fingerprint density at radius 1 is 1.42 bits per heavy atom. The van der Waals surface area contributed by atoms with Gasteiger partial charge in [-0.1, -0.05) is 0 Å². The Morgan fingerprint density at radius 3 is 2.89 bits per heavy atom. The van der Waals surface area contributed by atoms with E-state index in [0.29, 0.717) is 13.2 Å². The van der Waals surface area contributed by atoms with Crippen LogP contribution < -0.4 is 15.5 Å². The molecule has 19 heavy (non-hydrogen) atoms. The van der Waals surface area contributed by atoms with Crippen LogP contribution in [0.5, 0.6) is 0 Å². The second-order valence-electron chi connectivity index (χ2n) is 4.56. The lowest BCUT2D eigenvalue weighted by Gasteiger charge is -2.36. The van der Waals surface area contributed by atoms with Crippen molar-refractivity contribution in [1.29, 1.82) is 0 Å². The van der Waals surface area contributed by atoms with Gasteiger partial charge in [-0.2, -0.15) is 0 Å². The van der Waals surface area contributed by atoms with Crippen molar-refractivity contribution in [2.45, 2.75) is 19.9 Å². The Morgan fingerprint density at radius 2 is 2.21 bits per heavy atom. The summed E-state index contributed by atoms with van der Waals surface area (Å²) in [5.74, 6) is 1.91. The van der Waals surface area contributed by atoms with E-state index in [4.69, 9.17) is 10.5 Å². The van der Waals surface area contributed by atoms with E-state index in [1.807, 2.05) is 6.07 Å². The minimum absolute atomic E-state index is 0.202. The topological polar surface area (TPSA) is 67.5 Å². The van der Waals surface area contributed by atoms with Gasteiger partial charge in [0.1, 0.15) is 18.0 Å². The first kappa shape index (κ1) is 14.0. The summed E-state index contributed by atoms with van der Waals surface area (Å²) in [6.07, 6.45) is 1.63. The first-order chi connectivity index (χ1) is 9.30. The molecule has 1 aromatic rings. The molecular weight excluding hydrogens is 242 g/mol. The van der Waals surface area contributed by atoms with Gasteiger partial charge in [-0.3, -0.25) is 0 Å². The largest absolute Gasteiger partial charge is 0.377 e. The SMILES string of the molecule is CCN(CC)c1cc(N2CCOCC2CN)ncn1. The molecule has 6 nitrogen and oxygen atoms in total. The summed E-state index contributed by atoms with van der Waals surface area (Å²) in [6, 6.07) is 2.24. The fraction of sp³-hybridized carbons (Fsp3) is 0.692. The third kappa shape index (κ3) is 3.13. The molecular formula is C13H23N5O. The molecule has 6 heteroatoms. The normalized spacial score (nSPS) is 19.5. The molecule has 2 N–H and O–H groups in total. The van der Waals surface area contributed by atoms with Gasteiger partial charge < -0.3 is 20.3 Å². The van der Waals surface area contributed by atoms with E-state index in [2.05, 4.69) is 33.6 Å². The molecule has 1 aromatic heterocycles. The van der Waals surface area contributed by atoms with Crippen molar-refractivity contribution < 1.29 is 4.74 Å². The van der Waals surface area contributed by atoms with E-state index in [9.17, 15) is 0 Å². The van der Waals surface area contributed by atoms with Crippen LogP contribution in [0.3, 0.4) is 0 Å². The lowest BCUT2D eigenvalue weighted by atomic mass is 10.2. The summed E-state index contributed by atoms with van der Waals surface area (Å²) in [5.41, 5.74) is 5.81. The fourth-order valence-electron chi connectivity index (χ4n) is 2.37. The second kappa shape index (κ2) is 6.68. The number of nitrogens with zero attached hydrogens (tertiary/aromatic N) is 4. The summed E-state index contributed by atoms with van der Waals surface area (Å²) >= 11 is 0. The summed E-state index contributed by atoms with van der Waals surface area (Å²) in [7, 11) is 0. The molecule has 1 atom stereocenters. The molecule has 106 valence electrons. The summed E-state index contributed by atoms with van der Waals surface area (Å²) in [5, 5.41) is 0. The van der Waals surface area contributed by atoms with Crippen molar-refractivity contribution >= 4 is 11.6 Å². The highest BCUT2D eigenvalue weighted by molar-refractivity contribution is 5.51. The van der Waals surface area contributed by atoms with Crippen LogP contribution in [0.1, 0.15) is 13.8 Å². The molecule has 1 unspecified atom stereocenters. The van der Waals surface area contributed by atoms with Crippen molar-refractivity contribution in [3.05, 3.63) is 12.4 Å². The van der Waals surface area contributed by atoms with Crippen LogP contribution in [0.4, 0.5) is 11.6 Å². The molecule has 1 aliphatic rings. The van der Waals surface area contributed by atoms with Gasteiger partial charge in [0.05, 0.1) is 19.3 Å². The zero-order chi connectivity index (χ0) is 13.7. The Kier molecular flexibility index (Phi) is 4.93. The van der Waals surface area contributed by atoms with Gasteiger partial charge in [-0.15, -0.1) is 0 Å². The molecule has 0 aliphatic carbocycles. The third-order valence-corrected chi connectivity index (χ3v) is 3.52. The van der Waals surface area contributed by atoms with Crippen LogP contribution >= 0.6 is 0 Å². The van der Waals surface area contributed by atoms with E-state index in [1.165, 1.54) is 0 Å². The molecule has 0 radical (unpaired) electrons. The zero-order valence-corrected chi connectivity index (χ0v) is 11.7. The number of hydrogen-bond donors (Lipinski definition) is 1. The molecule has 1 fully saturated rings. The second-order valence-corrected chi connectivity index (χ2v) is 4.56. The lowest BCUT2D eigenvalue weighted by Crippen LogP contribution is -2.49. The van der Waals surface area contributed by atoms with Crippen LogP contribution in [0.2, 0.25) is 0 Å². The minimum Gasteiger partial charge on any atom is -0.377 e. The monoisotopic (exact) mass is 265 g/mol. The van der Waals surface area contributed by atoms with Crippen LogP contribution in [0.25, 0.3) is 0 Å². The number of hydrogen-bond acceptors (Lipinski definition) is 6. The minimum atomic E-state index is 0.202. The quantitative estimate of drug-likeness (QED) is 0.835. The van der Waals surface area contributed by atoms with E-state index >= 15 is 0 Å². The molecule has 0 saturated carbocycles. The van der Waals surface area contributed by atoms with Gasteiger partial charge in [-0.25, -0.2) is 9.97 Å². The molecule has 0 bridgehead atoms. The molecule has 1 aliphatic heterocycles. The van der Waals surface area contributed by atoms with Gasteiger partial charge >= 0.3 is 0 Å². The summed E-state index contributed by atoms with van der Waals surface area (Å²) in [4.78, 5) is 13.2. The molecule has 2 heterocycles. The van der Waals surface area contributed by atoms with E-state index in [1.54, 1.807) is 6.33 Å². The van der Waals surface area contributed by atoms with Gasteiger partial charge in [0.25, 0.3) is 0 Å². The molecule has 0 aromatic carbocycles. The Bertz CT molecular complexity index is 396. The van der Waals surface area contributed by atoms with Crippen LogP contribution in [-0.2, 0) is 4.74 Å². The Labute approximate surface area is 114 Å². The maximum atomic E-state index is 5.81. The predicted octanol–water partition coefficient (Wildman–Crippen LogP) is 0.487. The average Bonchev–Trinajstić information content (AvgIpc) is 2.49. The highest BCUT2D eigenvalue weighted by Gasteiger charge is 2.23. The maximum absolute atomic E-state index is 5.81. The first-order valence-corrected chi connectivity index (χ1v) is 6.91. The third-order valence-electron chi connectivity index (χ3n) is 3.52. The van der Waals surface area contributed by atoms with Crippen LogP contribution in [0.15, 0.2) is 12.4 Å². The summed E-state index contributed by atoms with van der Waals surface area (Å²) < 4.78 is 5.47. The Hall–Kier alpha value is -1.40. The van der Waals surface area contributed by atoms with Crippen LogP contribution in [-0.4, -0.2) is 55.4 Å². The maximum Gasteiger partial charge on any atom is 0.134 e. The highest BCUT2D eigenvalue weighted by atomic mass is 16.5. The molecule has 2 rings (SSSR count). The number of aromatic nitrogens is 2. The van der Waals surface area contributed by atoms with Crippen molar-refractivity contribution in [3.63, 3.8) is 0 Å². The molecule has 1 saturated heterocycles. The number of ether oxygens (including phenoxy) is 1. The van der Waals surface area contributed by atoms with Crippen molar-refractivity contribution in [2.24, 2.45) is 5.73 Å². The smallest absolute Gasteiger partial charge is 0.134 e. The van der Waals surface area contributed by atoms with Gasteiger partial charge in [-0.05, 0) is 13.8 Å². The van der Waals surface area contributed by atoms with Gasteiger partial charge in [0, 0.05) is 32.2 Å². The van der Waals surface area contributed by atoms with E-state index in [0.717, 1.165) is 37.9 Å². The van der Waals surface area contributed by atoms with Crippen molar-refractivity contribution in [1.82, 2.24) is 9.97 Å². The lowest BCUT2D eigenvalue weighted by molar-refractivity contribution is 0.0958. The number of nitrogens with two attached hydrogens (primary N) is 1. The van der Waals surface area contributed by atoms with Crippen LogP contribution in [0, 0.1) is 0 Å². The summed E-state index contributed by atoms with van der Waals surface area (Å²) in [6.45, 7) is 8.93. The van der Waals surface area contributed by atoms with Crippen molar-refractivity contribution in [3.8, 4) is 0 Å². The first-order valence-electron chi connectivity index (χ1n) is 6.91. The number of rotatable bonds is 5. The number of anilines is 2. The van der Waals surface area contributed by atoms with Gasteiger partial charge in [0.2, 0.25) is 0 Å². The van der Waals surface area contributed by atoms with Gasteiger partial charge in [0.15, 0.2) is 0 Å². The van der Waals surface area contributed by atoms with Crippen molar-refractivity contribution in [2.75, 3.05) is 49.2 Å². The van der Waals surface area contributed by atoms with E-state index < -0.39 is 0 Å². The number of morpholine rings is 1. The average molecular weight is 265 g/mol. The highest BCUT2D eigenvalue weighted by Crippen LogP contribution is 2.20. The Balaban J connectivity index is 2.21. The zero-order valence-electron chi connectivity index (χ0n) is 11.7. The standard InChI is InChI=1S/C13H23N5O/c1-3-17(4-2)12-7-13(16-10-15-12)18-5-6-19-9-11(18)8-14/h7,10-11H,3-6,8-9,14H2,1-2H3. The fourth-order valence-corrected chi connectivity index (χ4v) is 2.37. The molecule has 0 amide bonds. The van der Waals surface area contributed by atoms with E-state index in [-0.39, 0.29) is 6.04 Å². The predicted molar refractivity (Wildman–Crippen MR) is 76.6 cm³/mol. The molecule has 0 spiro atoms.